The largest absolute Gasteiger partial charge is 0.496 e. The summed E-state index contributed by atoms with van der Waals surface area (Å²) in [5.41, 5.74) is 1.30. The highest BCUT2D eigenvalue weighted by atomic mass is 16.5. The third-order valence-corrected chi connectivity index (χ3v) is 4.34. The molecule has 0 radical (unpaired) electrons. The van der Waals surface area contributed by atoms with Gasteiger partial charge in [-0.1, -0.05) is 18.2 Å². The number of anilines is 1. The minimum Gasteiger partial charge on any atom is -0.496 e. The van der Waals surface area contributed by atoms with Crippen molar-refractivity contribution in [3.63, 3.8) is 0 Å². The van der Waals surface area contributed by atoms with Crippen LogP contribution in [0.3, 0.4) is 0 Å². The Labute approximate surface area is 147 Å². The topological polar surface area (TPSA) is 70.6 Å². The third-order valence-electron chi connectivity index (χ3n) is 4.34. The van der Waals surface area contributed by atoms with Gasteiger partial charge in [-0.15, -0.1) is 0 Å². The van der Waals surface area contributed by atoms with Crippen molar-refractivity contribution >= 4 is 11.7 Å². The van der Waals surface area contributed by atoms with Gasteiger partial charge < -0.3 is 19.9 Å². The SMILES string of the molecule is COc1ccccc1CNC(=O)c1cc(N2CCN(C)CC2)ncn1. The highest BCUT2D eigenvalue weighted by Crippen LogP contribution is 2.17. The van der Waals surface area contributed by atoms with Crippen molar-refractivity contribution in [1.29, 1.82) is 0 Å². The van der Waals surface area contributed by atoms with E-state index in [9.17, 15) is 4.79 Å². The zero-order valence-electron chi connectivity index (χ0n) is 14.6. The van der Waals surface area contributed by atoms with Gasteiger partial charge in [0.05, 0.1) is 7.11 Å². The lowest BCUT2D eigenvalue weighted by atomic mass is 10.2. The first-order valence-corrected chi connectivity index (χ1v) is 8.33. The summed E-state index contributed by atoms with van der Waals surface area (Å²) < 4.78 is 5.30. The molecule has 3 rings (SSSR count). The summed E-state index contributed by atoms with van der Waals surface area (Å²) >= 11 is 0. The second-order valence-corrected chi connectivity index (χ2v) is 6.05. The highest BCUT2D eigenvalue weighted by molar-refractivity contribution is 5.92. The number of hydrogen-bond donors (Lipinski definition) is 1. The van der Waals surface area contributed by atoms with Gasteiger partial charge in [-0.05, 0) is 13.1 Å². The molecule has 0 saturated carbocycles. The van der Waals surface area contributed by atoms with E-state index in [1.165, 1.54) is 6.33 Å². The lowest BCUT2D eigenvalue weighted by Gasteiger charge is -2.33. The van der Waals surface area contributed by atoms with E-state index in [1.807, 2.05) is 24.3 Å². The van der Waals surface area contributed by atoms with E-state index >= 15 is 0 Å². The smallest absolute Gasteiger partial charge is 0.270 e. The van der Waals surface area contributed by atoms with Gasteiger partial charge in [0.15, 0.2) is 0 Å². The second kappa shape index (κ2) is 7.94. The van der Waals surface area contributed by atoms with E-state index < -0.39 is 0 Å². The number of hydrogen-bond acceptors (Lipinski definition) is 6. The van der Waals surface area contributed by atoms with Crippen LogP contribution in [0.25, 0.3) is 0 Å². The minimum absolute atomic E-state index is 0.219. The molecule has 1 aromatic carbocycles. The first-order valence-electron chi connectivity index (χ1n) is 8.33. The molecular formula is C18H23N5O2. The van der Waals surface area contributed by atoms with Crippen molar-refractivity contribution in [2.24, 2.45) is 0 Å². The molecule has 0 spiro atoms. The number of likely N-dealkylation sites (N-methyl/N-ethyl adjacent to an activating group) is 1. The number of ether oxygens (including phenoxy) is 1. The molecule has 1 N–H and O–H groups in total. The van der Waals surface area contributed by atoms with Crippen LogP contribution in [0.4, 0.5) is 5.82 Å². The van der Waals surface area contributed by atoms with Crippen molar-refractivity contribution in [1.82, 2.24) is 20.2 Å². The number of nitrogens with zero attached hydrogens (tertiary/aromatic N) is 4. The van der Waals surface area contributed by atoms with E-state index in [1.54, 1.807) is 13.2 Å². The van der Waals surface area contributed by atoms with Gasteiger partial charge in [0.25, 0.3) is 5.91 Å². The van der Waals surface area contributed by atoms with E-state index in [0.717, 1.165) is 43.3 Å². The molecule has 1 aromatic heterocycles. The van der Waals surface area contributed by atoms with Crippen molar-refractivity contribution in [3.8, 4) is 5.75 Å². The fourth-order valence-corrected chi connectivity index (χ4v) is 2.79. The molecule has 7 nitrogen and oxygen atoms in total. The summed E-state index contributed by atoms with van der Waals surface area (Å²) in [6.07, 6.45) is 1.45. The first kappa shape index (κ1) is 17.2. The second-order valence-electron chi connectivity index (χ2n) is 6.05. The van der Waals surface area contributed by atoms with Gasteiger partial charge in [0.1, 0.15) is 23.6 Å². The van der Waals surface area contributed by atoms with E-state index in [2.05, 4.69) is 32.1 Å². The number of methoxy groups -OCH3 is 1. The number of benzene rings is 1. The van der Waals surface area contributed by atoms with Gasteiger partial charge in [-0.2, -0.15) is 0 Å². The number of para-hydroxylation sites is 1. The van der Waals surface area contributed by atoms with Crippen LogP contribution < -0.4 is 15.0 Å². The molecule has 1 amide bonds. The quantitative estimate of drug-likeness (QED) is 0.880. The molecule has 2 heterocycles. The fourth-order valence-electron chi connectivity index (χ4n) is 2.79. The number of carbonyl (C=O) groups is 1. The van der Waals surface area contributed by atoms with Crippen molar-refractivity contribution in [3.05, 3.63) is 47.9 Å². The van der Waals surface area contributed by atoms with Gasteiger partial charge >= 0.3 is 0 Å². The predicted octanol–water partition coefficient (Wildman–Crippen LogP) is 1.17. The summed E-state index contributed by atoms with van der Waals surface area (Å²) in [6.45, 7) is 4.15. The predicted molar refractivity (Wildman–Crippen MR) is 95.9 cm³/mol. The average molecular weight is 341 g/mol. The molecule has 7 heteroatoms. The van der Waals surface area contributed by atoms with Crippen LogP contribution in [0.15, 0.2) is 36.7 Å². The average Bonchev–Trinajstić information content (AvgIpc) is 2.67. The van der Waals surface area contributed by atoms with Crippen LogP contribution in [0.1, 0.15) is 16.1 Å². The molecule has 25 heavy (non-hydrogen) atoms. The van der Waals surface area contributed by atoms with Crippen molar-refractivity contribution < 1.29 is 9.53 Å². The molecule has 0 aliphatic carbocycles. The van der Waals surface area contributed by atoms with Gasteiger partial charge in [-0.3, -0.25) is 4.79 Å². The zero-order chi connectivity index (χ0) is 17.6. The Morgan fingerprint density at radius 2 is 1.96 bits per heavy atom. The summed E-state index contributed by atoms with van der Waals surface area (Å²) in [5.74, 6) is 1.33. The maximum atomic E-state index is 12.4. The molecule has 1 fully saturated rings. The lowest BCUT2D eigenvalue weighted by molar-refractivity contribution is 0.0945. The van der Waals surface area contributed by atoms with Crippen LogP contribution in [0.2, 0.25) is 0 Å². The van der Waals surface area contributed by atoms with Gasteiger partial charge in [0.2, 0.25) is 0 Å². The summed E-state index contributed by atoms with van der Waals surface area (Å²) in [4.78, 5) is 25.3. The van der Waals surface area contributed by atoms with Crippen LogP contribution in [-0.2, 0) is 6.54 Å². The van der Waals surface area contributed by atoms with Crippen molar-refractivity contribution in [2.45, 2.75) is 6.54 Å². The van der Waals surface area contributed by atoms with Gasteiger partial charge in [-0.25, -0.2) is 9.97 Å². The number of amides is 1. The third kappa shape index (κ3) is 4.24. The Morgan fingerprint density at radius 1 is 1.20 bits per heavy atom. The fraction of sp³-hybridized carbons (Fsp3) is 0.389. The molecule has 1 aliphatic rings. The monoisotopic (exact) mass is 341 g/mol. The molecule has 0 bridgehead atoms. The van der Waals surface area contributed by atoms with Crippen molar-refractivity contribution in [2.75, 3.05) is 45.2 Å². The van der Waals surface area contributed by atoms with E-state index in [4.69, 9.17) is 4.74 Å². The normalized spacial score (nSPS) is 15.0. The number of aromatic nitrogens is 2. The molecule has 2 aromatic rings. The maximum Gasteiger partial charge on any atom is 0.270 e. The summed E-state index contributed by atoms with van der Waals surface area (Å²) in [6, 6.07) is 9.37. The Hall–Kier alpha value is -2.67. The van der Waals surface area contributed by atoms with Crippen LogP contribution in [0.5, 0.6) is 5.75 Å². The first-order chi connectivity index (χ1) is 12.2. The number of rotatable bonds is 5. The Morgan fingerprint density at radius 3 is 2.72 bits per heavy atom. The Balaban J connectivity index is 1.65. The molecule has 132 valence electrons. The van der Waals surface area contributed by atoms with E-state index in [-0.39, 0.29) is 5.91 Å². The summed E-state index contributed by atoms with van der Waals surface area (Å²) in [5, 5.41) is 2.89. The lowest BCUT2D eigenvalue weighted by Crippen LogP contribution is -2.44. The maximum absolute atomic E-state index is 12.4. The number of carbonyl (C=O) groups excluding carboxylic acids is 1. The molecule has 0 atom stereocenters. The minimum atomic E-state index is -0.219. The standard InChI is InChI=1S/C18H23N5O2/c1-22-7-9-23(10-8-22)17-11-15(20-13-21-17)18(24)19-12-14-5-3-4-6-16(14)25-2/h3-6,11,13H,7-10,12H2,1-2H3,(H,19,24). The molecule has 0 unspecified atom stereocenters. The number of nitrogens with one attached hydrogen (secondary N) is 1. The Kier molecular flexibility index (Phi) is 5.45. The molecule has 1 aliphatic heterocycles. The molecule has 1 saturated heterocycles. The van der Waals surface area contributed by atoms with Gasteiger partial charge in [0, 0.05) is 44.4 Å². The van der Waals surface area contributed by atoms with E-state index in [0.29, 0.717) is 12.2 Å². The van der Waals surface area contributed by atoms with Crippen LogP contribution in [-0.4, -0.2) is 61.1 Å². The number of piperazine rings is 1. The zero-order valence-corrected chi connectivity index (χ0v) is 14.6. The Bertz CT molecular complexity index is 729. The van der Waals surface area contributed by atoms with Crippen LogP contribution in [0, 0.1) is 0 Å². The van der Waals surface area contributed by atoms with Crippen LogP contribution >= 0.6 is 0 Å². The summed E-state index contributed by atoms with van der Waals surface area (Å²) in [7, 11) is 3.72. The highest BCUT2D eigenvalue weighted by Gasteiger charge is 2.17. The molecular weight excluding hydrogens is 318 g/mol.